The van der Waals surface area contributed by atoms with Gasteiger partial charge in [0, 0.05) is 5.56 Å². The molecule has 3 nitrogen and oxygen atoms in total. The van der Waals surface area contributed by atoms with Crippen molar-refractivity contribution in [2.24, 2.45) is 0 Å². The molecule has 0 atom stereocenters. The molecule has 0 amide bonds. The molecule has 0 aliphatic carbocycles. The Morgan fingerprint density at radius 1 is 1.00 bits per heavy atom. The lowest BCUT2D eigenvalue weighted by atomic mass is 10.1. The van der Waals surface area contributed by atoms with Gasteiger partial charge in [0.05, 0.1) is 10.8 Å². The van der Waals surface area contributed by atoms with E-state index < -0.39 is 0 Å². The van der Waals surface area contributed by atoms with Crippen molar-refractivity contribution in [2.75, 3.05) is 6.61 Å². The minimum atomic E-state index is -0.0159. The van der Waals surface area contributed by atoms with E-state index in [4.69, 9.17) is 9.15 Å². The molecule has 2 heterocycles. The number of rotatable bonds is 0. The summed E-state index contributed by atoms with van der Waals surface area (Å²) in [4.78, 5) is 12.4. The Morgan fingerprint density at radius 2 is 1.89 bits per heavy atom. The van der Waals surface area contributed by atoms with Crippen LogP contribution in [0.3, 0.4) is 0 Å². The maximum absolute atomic E-state index is 12.4. The summed E-state index contributed by atoms with van der Waals surface area (Å²) in [5, 5.41) is 1.16. The van der Waals surface area contributed by atoms with E-state index in [9.17, 15) is 4.79 Å². The van der Waals surface area contributed by atoms with Gasteiger partial charge in [-0.15, -0.1) is 0 Å². The molecule has 3 aromatic rings. The van der Waals surface area contributed by atoms with Crippen LogP contribution in [-0.2, 0) is 0 Å². The summed E-state index contributed by atoms with van der Waals surface area (Å²) in [5.74, 6) is 0.655. The van der Waals surface area contributed by atoms with Crippen molar-refractivity contribution in [3.05, 3.63) is 58.3 Å². The van der Waals surface area contributed by atoms with Crippen LogP contribution in [0.4, 0.5) is 0 Å². The highest BCUT2D eigenvalue weighted by molar-refractivity contribution is 5.94. The zero-order valence-electron chi connectivity index (χ0n) is 10.1. The first kappa shape index (κ1) is 10.4. The smallest absolute Gasteiger partial charge is 0.200 e. The lowest BCUT2D eigenvalue weighted by Crippen LogP contribution is -2.06. The number of hydrogen-bond acceptors (Lipinski definition) is 3. The minimum absolute atomic E-state index is 0.0159. The third-order valence-electron chi connectivity index (χ3n) is 3.35. The Hall–Kier alpha value is -2.55. The summed E-state index contributed by atoms with van der Waals surface area (Å²) in [6.45, 7) is 0.503. The highest BCUT2D eigenvalue weighted by Crippen LogP contribution is 2.33. The summed E-state index contributed by atoms with van der Waals surface area (Å²) in [6, 6.07) is 11.0. The molecule has 0 fully saturated rings. The van der Waals surface area contributed by atoms with Crippen molar-refractivity contribution >= 4 is 28.0 Å². The van der Waals surface area contributed by atoms with Gasteiger partial charge in [0.2, 0.25) is 5.43 Å². The Labute approximate surface area is 108 Å². The zero-order chi connectivity index (χ0) is 12.8. The summed E-state index contributed by atoms with van der Waals surface area (Å²) in [6.07, 6.45) is 3.92. The fraction of sp³-hybridized carbons (Fsp3) is 0.0625. The third kappa shape index (κ3) is 1.41. The van der Waals surface area contributed by atoms with Crippen LogP contribution < -0.4 is 10.2 Å². The van der Waals surface area contributed by atoms with Crippen molar-refractivity contribution in [1.82, 2.24) is 0 Å². The lowest BCUT2D eigenvalue weighted by molar-refractivity contribution is 0.357. The topological polar surface area (TPSA) is 39.4 Å². The van der Waals surface area contributed by atoms with Gasteiger partial charge in [0.15, 0.2) is 11.3 Å². The zero-order valence-corrected chi connectivity index (χ0v) is 10.1. The molecule has 3 heteroatoms. The van der Waals surface area contributed by atoms with Crippen LogP contribution in [0, 0.1) is 0 Å². The first-order chi connectivity index (χ1) is 9.34. The van der Waals surface area contributed by atoms with Gasteiger partial charge >= 0.3 is 0 Å². The van der Waals surface area contributed by atoms with Crippen molar-refractivity contribution < 1.29 is 9.15 Å². The van der Waals surface area contributed by atoms with Gasteiger partial charge in [-0.25, -0.2) is 0 Å². The predicted octanol–water partition coefficient (Wildman–Crippen LogP) is 3.35. The van der Waals surface area contributed by atoms with E-state index >= 15 is 0 Å². The van der Waals surface area contributed by atoms with Gasteiger partial charge in [-0.2, -0.15) is 0 Å². The molecule has 0 saturated heterocycles. The van der Waals surface area contributed by atoms with E-state index in [1.54, 1.807) is 18.2 Å². The second-order valence-electron chi connectivity index (χ2n) is 4.50. The average molecular weight is 250 g/mol. The van der Waals surface area contributed by atoms with E-state index in [2.05, 4.69) is 0 Å². The standard InChI is InChI=1S/C16H10O3/c17-14-11-5-1-2-6-13(11)19-16-12(14)8-7-10-4-3-9-18-15(10)16/h1-8H,9H2. The fourth-order valence-electron chi connectivity index (χ4n) is 2.44. The largest absolute Gasteiger partial charge is 0.485 e. The number of benzene rings is 2. The molecule has 1 aromatic heterocycles. The van der Waals surface area contributed by atoms with Crippen molar-refractivity contribution in [1.29, 1.82) is 0 Å². The van der Waals surface area contributed by atoms with Gasteiger partial charge < -0.3 is 9.15 Å². The molecule has 1 aliphatic heterocycles. The van der Waals surface area contributed by atoms with Gasteiger partial charge in [0.1, 0.15) is 12.2 Å². The molecule has 2 aromatic carbocycles. The highest BCUT2D eigenvalue weighted by atomic mass is 16.5. The molecular formula is C16H10O3. The second kappa shape index (κ2) is 3.72. The summed E-state index contributed by atoms with van der Waals surface area (Å²) in [7, 11) is 0. The Balaban J connectivity index is 2.24. The van der Waals surface area contributed by atoms with E-state index in [-0.39, 0.29) is 5.43 Å². The van der Waals surface area contributed by atoms with Crippen LogP contribution in [0.5, 0.6) is 5.75 Å². The molecular weight excluding hydrogens is 240 g/mol. The molecule has 92 valence electrons. The normalized spacial score (nSPS) is 13.5. The fourth-order valence-corrected chi connectivity index (χ4v) is 2.44. The van der Waals surface area contributed by atoms with Crippen molar-refractivity contribution in [2.45, 2.75) is 0 Å². The van der Waals surface area contributed by atoms with Gasteiger partial charge in [-0.3, -0.25) is 4.79 Å². The molecule has 0 spiro atoms. The molecule has 0 saturated carbocycles. The Morgan fingerprint density at radius 3 is 2.84 bits per heavy atom. The Kier molecular flexibility index (Phi) is 2.03. The van der Waals surface area contributed by atoms with Crippen LogP contribution in [-0.4, -0.2) is 6.61 Å². The SMILES string of the molecule is O=c1c2ccccc2oc2c3c(ccc12)C=CCO3. The van der Waals surface area contributed by atoms with Gasteiger partial charge in [-0.05, 0) is 24.3 Å². The summed E-state index contributed by atoms with van der Waals surface area (Å²) >= 11 is 0. The lowest BCUT2D eigenvalue weighted by Gasteiger charge is -2.14. The van der Waals surface area contributed by atoms with E-state index in [1.807, 2.05) is 30.4 Å². The van der Waals surface area contributed by atoms with E-state index in [0.29, 0.717) is 34.3 Å². The number of ether oxygens (including phenoxy) is 1. The van der Waals surface area contributed by atoms with E-state index in [1.165, 1.54) is 0 Å². The molecule has 0 N–H and O–H groups in total. The van der Waals surface area contributed by atoms with Crippen LogP contribution in [0.15, 0.2) is 51.7 Å². The monoisotopic (exact) mass is 250 g/mol. The van der Waals surface area contributed by atoms with Crippen LogP contribution in [0.1, 0.15) is 5.56 Å². The van der Waals surface area contributed by atoms with Crippen LogP contribution in [0.25, 0.3) is 28.0 Å². The molecule has 0 radical (unpaired) electrons. The minimum Gasteiger partial charge on any atom is -0.485 e. The second-order valence-corrected chi connectivity index (χ2v) is 4.50. The highest BCUT2D eigenvalue weighted by Gasteiger charge is 2.16. The van der Waals surface area contributed by atoms with Crippen molar-refractivity contribution in [3.63, 3.8) is 0 Å². The van der Waals surface area contributed by atoms with Crippen LogP contribution in [0.2, 0.25) is 0 Å². The van der Waals surface area contributed by atoms with Crippen LogP contribution >= 0.6 is 0 Å². The summed E-state index contributed by atoms with van der Waals surface area (Å²) < 4.78 is 11.5. The van der Waals surface area contributed by atoms with Gasteiger partial charge in [-0.1, -0.05) is 24.3 Å². The Bertz CT molecular complexity index is 888. The van der Waals surface area contributed by atoms with Gasteiger partial charge in [0.25, 0.3) is 0 Å². The number of para-hydroxylation sites is 1. The third-order valence-corrected chi connectivity index (χ3v) is 3.35. The summed E-state index contributed by atoms with van der Waals surface area (Å²) in [5.41, 5.74) is 2.05. The quantitative estimate of drug-likeness (QED) is 0.574. The van der Waals surface area contributed by atoms with E-state index in [0.717, 1.165) is 5.56 Å². The number of hydrogen-bond donors (Lipinski definition) is 0. The predicted molar refractivity (Wildman–Crippen MR) is 74.5 cm³/mol. The molecule has 0 unspecified atom stereocenters. The molecule has 1 aliphatic rings. The molecule has 19 heavy (non-hydrogen) atoms. The molecule has 4 rings (SSSR count). The first-order valence-corrected chi connectivity index (χ1v) is 6.12. The number of fused-ring (bicyclic) bond motifs is 4. The average Bonchev–Trinajstić information content (AvgIpc) is 2.47. The molecule has 0 bridgehead atoms. The first-order valence-electron chi connectivity index (χ1n) is 6.12. The maximum atomic E-state index is 12.4. The van der Waals surface area contributed by atoms with Crippen molar-refractivity contribution in [3.8, 4) is 5.75 Å². The maximum Gasteiger partial charge on any atom is 0.200 e.